The molecule has 88 valence electrons. The summed E-state index contributed by atoms with van der Waals surface area (Å²) in [5.74, 6) is 0.478. The van der Waals surface area contributed by atoms with Gasteiger partial charge in [0.1, 0.15) is 11.8 Å². The Morgan fingerprint density at radius 1 is 1.00 bits per heavy atom. The molecule has 0 saturated heterocycles. The van der Waals surface area contributed by atoms with Crippen LogP contribution in [0.5, 0.6) is 5.75 Å². The fourth-order valence-corrected chi connectivity index (χ4v) is 1.89. The van der Waals surface area contributed by atoms with Gasteiger partial charge in [0.2, 0.25) is 0 Å². The average molecular weight is 289 g/mol. The monoisotopic (exact) mass is 287 g/mol. The molecule has 0 N–H and O–H groups in total. The van der Waals surface area contributed by atoms with Crippen LogP contribution in [0.15, 0.2) is 36.5 Å². The molecule has 5 heteroatoms. The van der Waals surface area contributed by atoms with E-state index in [0.717, 1.165) is 5.56 Å². The normalized spacial score (nSPS) is 10.3. The van der Waals surface area contributed by atoms with Crippen LogP contribution in [0.25, 0.3) is 0 Å². The van der Waals surface area contributed by atoms with Crippen LogP contribution in [0.3, 0.4) is 0 Å². The van der Waals surface area contributed by atoms with E-state index in [-0.39, 0.29) is 0 Å². The molecule has 0 aliphatic heterocycles. The van der Waals surface area contributed by atoms with Gasteiger partial charge in [-0.25, -0.2) is 4.98 Å². The lowest BCUT2D eigenvalue weighted by Crippen LogP contribution is -1.97. The van der Waals surface area contributed by atoms with Gasteiger partial charge in [0, 0.05) is 11.8 Å². The largest absolute Gasteiger partial charge is 0.486 e. The zero-order chi connectivity index (χ0) is 12.3. The minimum atomic E-state index is 0.341. The van der Waals surface area contributed by atoms with Crippen molar-refractivity contribution in [3.63, 3.8) is 0 Å². The third kappa shape index (κ3) is 3.25. The van der Waals surface area contributed by atoms with Gasteiger partial charge in [-0.05, 0) is 18.2 Å². The molecule has 0 radical (unpaired) electrons. The summed E-state index contributed by atoms with van der Waals surface area (Å²) in [4.78, 5) is 3.96. The van der Waals surface area contributed by atoms with Gasteiger partial charge in [-0.15, -0.1) is 0 Å². The van der Waals surface area contributed by atoms with Crippen molar-refractivity contribution in [2.75, 3.05) is 0 Å². The minimum absolute atomic E-state index is 0.341. The molecule has 0 unspecified atom stereocenters. The average Bonchev–Trinajstić information content (AvgIpc) is 2.31. The zero-order valence-corrected chi connectivity index (χ0v) is 10.9. The number of halogens is 3. The number of aromatic nitrogens is 1. The molecule has 0 spiro atoms. The van der Waals surface area contributed by atoms with Crippen molar-refractivity contribution >= 4 is 34.8 Å². The third-order valence-electron chi connectivity index (χ3n) is 2.09. The van der Waals surface area contributed by atoms with Crippen LogP contribution < -0.4 is 4.74 Å². The quantitative estimate of drug-likeness (QED) is 0.769. The summed E-state index contributed by atoms with van der Waals surface area (Å²) in [6.07, 6.45) is 1.65. The highest BCUT2D eigenvalue weighted by Crippen LogP contribution is 2.32. The molecule has 0 aliphatic carbocycles. The fourth-order valence-electron chi connectivity index (χ4n) is 1.27. The van der Waals surface area contributed by atoms with Gasteiger partial charge in [0.05, 0.1) is 10.0 Å². The Morgan fingerprint density at radius 2 is 1.71 bits per heavy atom. The Balaban J connectivity index is 2.10. The number of hydrogen-bond donors (Lipinski definition) is 0. The van der Waals surface area contributed by atoms with Crippen molar-refractivity contribution in [2.24, 2.45) is 0 Å². The molecule has 2 aromatic rings. The smallest absolute Gasteiger partial charge is 0.156 e. The maximum Gasteiger partial charge on any atom is 0.156 e. The van der Waals surface area contributed by atoms with Gasteiger partial charge in [0.15, 0.2) is 5.75 Å². The first-order valence-corrected chi connectivity index (χ1v) is 5.97. The van der Waals surface area contributed by atoms with Gasteiger partial charge in [-0.2, -0.15) is 0 Å². The van der Waals surface area contributed by atoms with Gasteiger partial charge in [0.25, 0.3) is 0 Å². The lowest BCUT2D eigenvalue weighted by molar-refractivity contribution is 0.306. The molecule has 0 amide bonds. The predicted molar refractivity (Wildman–Crippen MR) is 70.0 cm³/mol. The van der Waals surface area contributed by atoms with Crippen LogP contribution in [0.4, 0.5) is 0 Å². The lowest BCUT2D eigenvalue weighted by Gasteiger charge is -2.09. The zero-order valence-electron chi connectivity index (χ0n) is 8.66. The van der Waals surface area contributed by atoms with Crippen LogP contribution in [0, 0.1) is 0 Å². The summed E-state index contributed by atoms with van der Waals surface area (Å²) in [6, 6.07) is 8.75. The molecule has 0 bridgehead atoms. The number of para-hydroxylation sites is 1. The number of benzene rings is 1. The molecule has 0 saturated carbocycles. The Kier molecular flexibility index (Phi) is 4.11. The number of nitrogens with zero attached hydrogens (tertiary/aromatic N) is 1. The molecular formula is C12H8Cl3NO. The van der Waals surface area contributed by atoms with Crippen molar-refractivity contribution in [1.29, 1.82) is 0 Å². The van der Waals surface area contributed by atoms with Gasteiger partial charge >= 0.3 is 0 Å². The maximum atomic E-state index is 5.97. The summed E-state index contributed by atoms with van der Waals surface area (Å²) in [7, 11) is 0. The third-order valence-corrected chi connectivity index (χ3v) is 2.91. The van der Waals surface area contributed by atoms with Crippen LogP contribution in [0.2, 0.25) is 15.2 Å². The predicted octanol–water partition coefficient (Wildman–Crippen LogP) is 4.62. The summed E-state index contributed by atoms with van der Waals surface area (Å²) in [6.45, 7) is 0.341. The van der Waals surface area contributed by atoms with E-state index in [1.165, 1.54) is 0 Å². The molecule has 17 heavy (non-hydrogen) atoms. The van der Waals surface area contributed by atoms with E-state index in [1.54, 1.807) is 30.5 Å². The Labute approximate surface area is 114 Å². The number of ether oxygens (including phenoxy) is 1. The molecule has 2 nitrogen and oxygen atoms in total. The first kappa shape index (κ1) is 12.5. The Bertz CT molecular complexity index is 493. The second kappa shape index (κ2) is 5.58. The fraction of sp³-hybridized carbons (Fsp3) is 0.0833. The molecule has 2 rings (SSSR count). The van der Waals surface area contributed by atoms with Gasteiger partial charge < -0.3 is 4.74 Å². The molecule has 1 aromatic heterocycles. The molecule has 0 fully saturated rings. The molecular weight excluding hydrogens is 280 g/mol. The number of rotatable bonds is 3. The van der Waals surface area contributed by atoms with Crippen LogP contribution in [-0.4, -0.2) is 4.98 Å². The van der Waals surface area contributed by atoms with E-state index in [0.29, 0.717) is 27.6 Å². The lowest BCUT2D eigenvalue weighted by atomic mass is 10.3. The van der Waals surface area contributed by atoms with E-state index in [1.807, 2.05) is 6.07 Å². The summed E-state index contributed by atoms with van der Waals surface area (Å²) in [5.41, 5.74) is 0.894. The van der Waals surface area contributed by atoms with E-state index < -0.39 is 0 Å². The van der Waals surface area contributed by atoms with Crippen molar-refractivity contribution in [3.05, 3.63) is 57.3 Å². The van der Waals surface area contributed by atoms with Crippen molar-refractivity contribution in [1.82, 2.24) is 4.98 Å². The van der Waals surface area contributed by atoms with E-state index in [4.69, 9.17) is 39.5 Å². The Hall–Kier alpha value is -0.960. The summed E-state index contributed by atoms with van der Waals surface area (Å²) >= 11 is 17.6. The second-order valence-electron chi connectivity index (χ2n) is 3.33. The molecule has 0 aliphatic rings. The van der Waals surface area contributed by atoms with Crippen LogP contribution in [-0.2, 0) is 6.61 Å². The van der Waals surface area contributed by atoms with Gasteiger partial charge in [-0.1, -0.05) is 46.9 Å². The molecule has 0 atom stereocenters. The van der Waals surface area contributed by atoms with E-state index >= 15 is 0 Å². The van der Waals surface area contributed by atoms with E-state index in [9.17, 15) is 0 Å². The SMILES string of the molecule is Clc1ccc(COc2c(Cl)cccc2Cl)cn1. The van der Waals surface area contributed by atoms with Gasteiger partial charge in [-0.3, -0.25) is 0 Å². The highest BCUT2D eigenvalue weighted by molar-refractivity contribution is 6.37. The van der Waals surface area contributed by atoms with Crippen LogP contribution >= 0.6 is 34.8 Å². The Morgan fingerprint density at radius 3 is 2.29 bits per heavy atom. The van der Waals surface area contributed by atoms with Crippen LogP contribution in [0.1, 0.15) is 5.56 Å². The minimum Gasteiger partial charge on any atom is -0.486 e. The standard InChI is InChI=1S/C12H8Cl3NO/c13-9-2-1-3-10(14)12(9)17-7-8-4-5-11(15)16-6-8/h1-6H,7H2. The highest BCUT2D eigenvalue weighted by atomic mass is 35.5. The number of pyridine rings is 1. The van der Waals surface area contributed by atoms with E-state index in [2.05, 4.69) is 4.98 Å². The van der Waals surface area contributed by atoms with Crippen molar-refractivity contribution < 1.29 is 4.74 Å². The first-order valence-electron chi connectivity index (χ1n) is 4.84. The molecule has 1 aromatic carbocycles. The maximum absolute atomic E-state index is 5.97. The highest BCUT2D eigenvalue weighted by Gasteiger charge is 2.06. The summed E-state index contributed by atoms with van der Waals surface area (Å²) < 4.78 is 5.55. The summed E-state index contributed by atoms with van der Waals surface area (Å²) in [5, 5.41) is 1.42. The van der Waals surface area contributed by atoms with Crippen molar-refractivity contribution in [3.8, 4) is 5.75 Å². The second-order valence-corrected chi connectivity index (χ2v) is 4.53. The molecule has 1 heterocycles. The van der Waals surface area contributed by atoms with Crippen molar-refractivity contribution in [2.45, 2.75) is 6.61 Å². The topological polar surface area (TPSA) is 22.1 Å². The number of hydrogen-bond acceptors (Lipinski definition) is 2. The first-order chi connectivity index (χ1) is 8.16.